The predicted octanol–water partition coefficient (Wildman–Crippen LogP) is 5.34. The van der Waals surface area contributed by atoms with Crippen LogP contribution in [-0.2, 0) is 0 Å². The minimum atomic E-state index is -0.515. The number of benzene rings is 2. The molecule has 0 aliphatic carbocycles. The van der Waals surface area contributed by atoms with Crippen LogP contribution < -0.4 is 4.74 Å². The largest absolute Gasteiger partial charge is 0.492 e. The molecule has 0 amide bonds. The summed E-state index contributed by atoms with van der Waals surface area (Å²) in [5.74, 6) is 7.22. The second-order valence-electron chi connectivity index (χ2n) is 8.86. The first-order valence-corrected chi connectivity index (χ1v) is 11.7. The van der Waals surface area contributed by atoms with Crippen molar-refractivity contribution in [1.29, 1.82) is 0 Å². The number of piperidine rings is 1. The second kappa shape index (κ2) is 10.4. The number of likely N-dealkylation sites (tertiary alicyclic amines) is 1. The van der Waals surface area contributed by atoms with Gasteiger partial charge >= 0.3 is 0 Å². The van der Waals surface area contributed by atoms with Gasteiger partial charge in [-0.2, -0.15) is 0 Å². The molecule has 3 aromatic rings. The van der Waals surface area contributed by atoms with E-state index in [0.717, 1.165) is 71.2 Å². The van der Waals surface area contributed by atoms with Gasteiger partial charge in [-0.3, -0.25) is 4.90 Å². The Kier molecular flexibility index (Phi) is 7.35. The summed E-state index contributed by atoms with van der Waals surface area (Å²) in [6, 6.07) is 17.7. The first-order valence-electron chi connectivity index (χ1n) is 11.3. The van der Waals surface area contributed by atoms with Crippen molar-refractivity contribution in [3.8, 4) is 28.7 Å². The fourth-order valence-electron chi connectivity index (χ4n) is 3.85. The highest BCUT2D eigenvalue weighted by Crippen LogP contribution is 2.23. The molecule has 4 rings (SSSR count). The summed E-state index contributed by atoms with van der Waals surface area (Å²) in [7, 11) is 0. The third kappa shape index (κ3) is 6.58. The molecule has 0 saturated carbocycles. The molecule has 0 unspecified atom stereocenters. The SMILES string of the molecule is Cc1cc(C#Cc2ccc(-c3ccc(Cl)cc3)cn2)ccc1OCCN1CCC(C)(O)CC1. The van der Waals surface area contributed by atoms with E-state index in [2.05, 4.69) is 21.7 Å². The Labute approximate surface area is 201 Å². The van der Waals surface area contributed by atoms with E-state index in [1.165, 1.54) is 0 Å². The van der Waals surface area contributed by atoms with Crippen LogP contribution in [0.2, 0.25) is 5.02 Å². The molecule has 0 spiro atoms. The molecule has 0 atom stereocenters. The van der Waals surface area contributed by atoms with Crippen LogP contribution in [0.1, 0.15) is 36.6 Å². The van der Waals surface area contributed by atoms with E-state index < -0.39 is 5.60 Å². The van der Waals surface area contributed by atoms with Gasteiger partial charge in [0.2, 0.25) is 0 Å². The molecule has 5 heteroatoms. The van der Waals surface area contributed by atoms with Gasteiger partial charge in [-0.15, -0.1) is 0 Å². The van der Waals surface area contributed by atoms with E-state index in [4.69, 9.17) is 16.3 Å². The molecule has 33 heavy (non-hydrogen) atoms. The van der Waals surface area contributed by atoms with Gasteiger partial charge in [0.05, 0.1) is 5.60 Å². The summed E-state index contributed by atoms with van der Waals surface area (Å²) in [6.45, 7) is 7.29. The van der Waals surface area contributed by atoms with Gasteiger partial charge in [0.25, 0.3) is 0 Å². The van der Waals surface area contributed by atoms with Gasteiger partial charge in [-0.1, -0.05) is 35.7 Å². The van der Waals surface area contributed by atoms with Crippen LogP contribution in [0.5, 0.6) is 5.75 Å². The maximum Gasteiger partial charge on any atom is 0.122 e. The summed E-state index contributed by atoms with van der Waals surface area (Å²) in [5.41, 5.74) is 4.32. The van der Waals surface area contributed by atoms with Gasteiger partial charge in [0.1, 0.15) is 18.1 Å². The Balaban J connectivity index is 1.32. The van der Waals surface area contributed by atoms with Gasteiger partial charge < -0.3 is 9.84 Å². The van der Waals surface area contributed by atoms with Crippen LogP contribution in [0.3, 0.4) is 0 Å². The van der Waals surface area contributed by atoms with E-state index in [0.29, 0.717) is 6.61 Å². The summed E-state index contributed by atoms with van der Waals surface area (Å²) in [6.07, 6.45) is 3.47. The number of aryl methyl sites for hydroxylation is 1. The van der Waals surface area contributed by atoms with Crippen molar-refractivity contribution in [2.75, 3.05) is 26.2 Å². The number of halogens is 1. The normalized spacial score (nSPS) is 15.5. The average molecular weight is 461 g/mol. The van der Waals surface area contributed by atoms with E-state index in [1.54, 1.807) is 0 Å². The summed E-state index contributed by atoms with van der Waals surface area (Å²) in [5, 5.41) is 10.8. The van der Waals surface area contributed by atoms with E-state index in [1.807, 2.05) is 74.6 Å². The summed E-state index contributed by atoms with van der Waals surface area (Å²) in [4.78, 5) is 6.82. The molecule has 170 valence electrons. The van der Waals surface area contributed by atoms with Crippen LogP contribution in [0.15, 0.2) is 60.8 Å². The quantitative estimate of drug-likeness (QED) is 0.522. The second-order valence-corrected chi connectivity index (χ2v) is 9.29. The third-order valence-corrected chi connectivity index (χ3v) is 6.30. The number of nitrogens with zero attached hydrogens (tertiary/aromatic N) is 2. The van der Waals surface area contributed by atoms with E-state index >= 15 is 0 Å². The zero-order valence-electron chi connectivity index (χ0n) is 19.1. The molecular formula is C28H29ClN2O2. The van der Waals surface area contributed by atoms with E-state index in [9.17, 15) is 5.11 Å². The number of aliphatic hydroxyl groups is 1. The van der Waals surface area contributed by atoms with Gasteiger partial charge in [0, 0.05) is 42.0 Å². The molecule has 1 aliphatic rings. The molecule has 4 nitrogen and oxygen atoms in total. The standard InChI is InChI=1S/C28H29ClN2O2/c1-21-19-22(4-12-27(21)33-18-17-31-15-13-28(2,32)14-16-31)3-10-26-11-7-24(20-30-26)23-5-8-25(29)9-6-23/h4-9,11-12,19-20,32H,13-18H2,1-2H3. The Morgan fingerprint density at radius 2 is 1.76 bits per heavy atom. The Bertz CT molecular complexity index is 1140. The molecule has 1 fully saturated rings. The zero-order chi connectivity index (χ0) is 23.3. The van der Waals surface area contributed by atoms with Crippen molar-refractivity contribution in [3.63, 3.8) is 0 Å². The molecule has 1 aliphatic heterocycles. The van der Waals surface area contributed by atoms with Crippen molar-refractivity contribution >= 4 is 11.6 Å². The number of hydrogen-bond donors (Lipinski definition) is 1. The highest BCUT2D eigenvalue weighted by molar-refractivity contribution is 6.30. The molecule has 2 aromatic carbocycles. The van der Waals surface area contributed by atoms with Crippen molar-refractivity contribution in [1.82, 2.24) is 9.88 Å². The Morgan fingerprint density at radius 3 is 2.42 bits per heavy atom. The predicted molar refractivity (Wildman–Crippen MR) is 134 cm³/mol. The molecule has 1 aromatic heterocycles. The first kappa shape index (κ1) is 23.3. The van der Waals surface area contributed by atoms with Crippen molar-refractivity contribution in [2.24, 2.45) is 0 Å². The minimum absolute atomic E-state index is 0.515. The monoisotopic (exact) mass is 460 g/mol. The fourth-order valence-corrected chi connectivity index (χ4v) is 3.98. The van der Waals surface area contributed by atoms with Crippen LogP contribution in [0.4, 0.5) is 0 Å². The lowest BCUT2D eigenvalue weighted by Gasteiger charge is -2.35. The summed E-state index contributed by atoms with van der Waals surface area (Å²) >= 11 is 5.96. The molecule has 1 N–H and O–H groups in total. The number of aromatic nitrogens is 1. The smallest absolute Gasteiger partial charge is 0.122 e. The highest BCUT2D eigenvalue weighted by Gasteiger charge is 2.26. The molecule has 0 bridgehead atoms. The van der Waals surface area contributed by atoms with Crippen molar-refractivity contribution in [2.45, 2.75) is 32.3 Å². The lowest BCUT2D eigenvalue weighted by molar-refractivity contribution is -0.00769. The van der Waals surface area contributed by atoms with Crippen molar-refractivity contribution < 1.29 is 9.84 Å². The van der Waals surface area contributed by atoms with Crippen LogP contribution in [0.25, 0.3) is 11.1 Å². The molecular weight excluding hydrogens is 432 g/mol. The maximum atomic E-state index is 10.1. The number of ether oxygens (including phenoxy) is 1. The molecule has 2 heterocycles. The van der Waals surface area contributed by atoms with Gasteiger partial charge in [0.15, 0.2) is 0 Å². The third-order valence-electron chi connectivity index (χ3n) is 6.05. The lowest BCUT2D eigenvalue weighted by Crippen LogP contribution is -2.43. The highest BCUT2D eigenvalue weighted by atomic mass is 35.5. The lowest BCUT2D eigenvalue weighted by atomic mass is 9.94. The molecule has 1 saturated heterocycles. The Hall–Kier alpha value is -2.84. The number of hydrogen-bond acceptors (Lipinski definition) is 4. The van der Waals surface area contributed by atoms with Crippen LogP contribution in [0, 0.1) is 18.8 Å². The number of pyridine rings is 1. The van der Waals surface area contributed by atoms with Crippen LogP contribution in [-0.4, -0.2) is 46.8 Å². The van der Waals surface area contributed by atoms with Crippen LogP contribution >= 0.6 is 11.6 Å². The average Bonchev–Trinajstić information content (AvgIpc) is 2.81. The summed E-state index contributed by atoms with van der Waals surface area (Å²) < 4.78 is 6.00. The van der Waals surface area contributed by atoms with Gasteiger partial charge in [-0.25, -0.2) is 4.98 Å². The Morgan fingerprint density at radius 1 is 1.03 bits per heavy atom. The first-order chi connectivity index (χ1) is 15.9. The topological polar surface area (TPSA) is 45.6 Å². The minimum Gasteiger partial charge on any atom is -0.492 e. The van der Waals surface area contributed by atoms with E-state index in [-0.39, 0.29) is 0 Å². The zero-order valence-corrected chi connectivity index (χ0v) is 19.9. The number of rotatable bonds is 5. The van der Waals surface area contributed by atoms with Gasteiger partial charge in [-0.05, 0) is 80.1 Å². The fraction of sp³-hybridized carbons (Fsp3) is 0.321. The molecule has 0 radical (unpaired) electrons. The maximum absolute atomic E-state index is 10.1. The van der Waals surface area contributed by atoms with Crippen molar-refractivity contribution in [3.05, 3.63) is 82.6 Å².